The number of thiophene rings is 1. The van der Waals surface area contributed by atoms with Crippen LogP contribution in [0.4, 0.5) is 10.5 Å². The molecule has 1 fully saturated rings. The van der Waals surface area contributed by atoms with E-state index < -0.39 is 0 Å². The fourth-order valence-electron chi connectivity index (χ4n) is 2.77. The van der Waals surface area contributed by atoms with Gasteiger partial charge in [-0.3, -0.25) is 0 Å². The SMILES string of the molecule is COc1ccc(NC(=O)N2CCC(c3cccs3)CC2)cc1. The van der Waals surface area contributed by atoms with Crippen LogP contribution in [0.15, 0.2) is 41.8 Å². The Kier molecular flexibility index (Phi) is 4.63. The van der Waals surface area contributed by atoms with E-state index in [0.717, 1.165) is 37.4 Å². The predicted octanol–water partition coefficient (Wildman–Crippen LogP) is 4.17. The van der Waals surface area contributed by atoms with Gasteiger partial charge in [-0.15, -0.1) is 11.3 Å². The van der Waals surface area contributed by atoms with Gasteiger partial charge in [-0.25, -0.2) is 4.79 Å². The van der Waals surface area contributed by atoms with Gasteiger partial charge in [0.25, 0.3) is 0 Å². The highest BCUT2D eigenvalue weighted by atomic mass is 32.1. The van der Waals surface area contributed by atoms with Gasteiger partial charge in [-0.05, 0) is 54.5 Å². The Balaban J connectivity index is 1.53. The fourth-order valence-corrected chi connectivity index (χ4v) is 3.67. The third-order valence-corrected chi connectivity index (χ3v) is 5.10. The lowest BCUT2D eigenvalue weighted by molar-refractivity contribution is 0.195. The van der Waals surface area contributed by atoms with E-state index in [0.29, 0.717) is 5.92 Å². The number of carbonyl (C=O) groups excluding carboxylic acids is 1. The van der Waals surface area contributed by atoms with Crippen LogP contribution >= 0.6 is 11.3 Å². The lowest BCUT2D eigenvalue weighted by Gasteiger charge is -2.31. The first-order chi connectivity index (χ1) is 10.8. The normalized spacial score (nSPS) is 15.6. The molecule has 1 saturated heterocycles. The van der Waals surface area contributed by atoms with Crippen LogP contribution in [0.5, 0.6) is 5.75 Å². The van der Waals surface area contributed by atoms with Crippen molar-refractivity contribution < 1.29 is 9.53 Å². The summed E-state index contributed by atoms with van der Waals surface area (Å²) in [5, 5.41) is 5.07. The second-order valence-corrected chi connectivity index (χ2v) is 6.41. The number of likely N-dealkylation sites (tertiary alicyclic amines) is 1. The molecule has 0 spiro atoms. The average molecular weight is 316 g/mol. The van der Waals surface area contributed by atoms with E-state index in [-0.39, 0.29) is 6.03 Å². The number of ether oxygens (including phenoxy) is 1. The number of hydrogen-bond acceptors (Lipinski definition) is 3. The molecule has 4 nitrogen and oxygen atoms in total. The van der Waals surface area contributed by atoms with Crippen LogP contribution in [0.1, 0.15) is 23.6 Å². The second kappa shape index (κ2) is 6.83. The molecule has 22 heavy (non-hydrogen) atoms. The summed E-state index contributed by atoms with van der Waals surface area (Å²) in [7, 11) is 1.63. The van der Waals surface area contributed by atoms with Gasteiger partial charge >= 0.3 is 6.03 Å². The number of nitrogens with zero attached hydrogens (tertiary/aromatic N) is 1. The van der Waals surface area contributed by atoms with E-state index in [9.17, 15) is 4.79 Å². The summed E-state index contributed by atoms with van der Waals surface area (Å²) in [5.41, 5.74) is 0.797. The number of carbonyl (C=O) groups is 1. The maximum Gasteiger partial charge on any atom is 0.321 e. The molecule has 1 N–H and O–H groups in total. The maximum atomic E-state index is 12.3. The molecule has 0 atom stereocenters. The van der Waals surface area contributed by atoms with E-state index in [4.69, 9.17) is 4.74 Å². The fraction of sp³-hybridized carbons (Fsp3) is 0.353. The smallest absolute Gasteiger partial charge is 0.321 e. The van der Waals surface area contributed by atoms with Gasteiger partial charge in [-0.2, -0.15) is 0 Å². The highest BCUT2D eigenvalue weighted by Crippen LogP contribution is 2.31. The Morgan fingerprint density at radius 1 is 1.23 bits per heavy atom. The molecular formula is C17H20N2O2S. The summed E-state index contributed by atoms with van der Waals surface area (Å²) in [5.74, 6) is 1.39. The highest BCUT2D eigenvalue weighted by Gasteiger charge is 2.24. The standard InChI is InChI=1S/C17H20N2O2S/c1-21-15-6-4-14(5-7-15)18-17(20)19-10-8-13(9-11-19)16-3-2-12-22-16/h2-7,12-13H,8-11H2,1H3,(H,18,20). The van der Waals surface area contributed by atoms with Crippen LogP contribution < -0.4 is 10.1 Å². The number of hydrogen-bond donors (Lipinski definition) is 1. The third kappa shape index (κ3) is 3.42. The zero-order valence-corrected chi connectivity index (χ0v) is 13.4. The number of anilines is 1. The Labute approximate surface area is 134 Å². The molecule has 1 aromatic heterocycles. The number of nitrogens with one attached hydrogen (secondary N) is 1. The number of piperidine rings is 1. The van der Waals surface area contributed by atoms with Crippen molar-refractivity contribution in [2.75, 3.05) is 25.5 Å². The minimum Gasteiger partial charge on any atom is -0.497 e. The lowest BCUT2D eigenvalue weighted by atomic mass is 9.95. The van der Waals surface area contributed by atoms with Gasteiger partial charge in [0.2, 0.25) is 0 Å². The first kappa shape index (κ1) is 14.9. The van der Waals surface area contributed by atoms with Gasteiger partial charge < -0.3 is 15.0 Å². The topological polar surface area (TPSA) is 41.6 Å². The minimum atomic E-state index is -0.0187. The van der Waals surface area contributed by atoms with Crippen molar-refractivity contribution in [2.45, 2.75) is 18.8 Å². The van der Waals surface area contributed by atoms with E-state index in [1.54, 1.807) is 7.11 Å². The highest BCUT2D eigenvalue weighted by molar-refractivity contribution is 7.10. The van der Waals surface area contributed by atoms with E-state index >= 15 is 0 Å². The molecule has 2 aromatic rings. The van der Waals surface area contributed by atoms with Crippen LogP contribution in [0, 0.1) is 0 Å². The van der Waals surface area contributed by atoms with Crippen LogP contribution in [-0.4, -0.2) is 31.1 Å². The molecule has 1 aromatic carbocycles. The van der Waals surface area contributed by atoms with Gasteiger partial charge in [0, 0.05) is 23.7 Å². The Morgan fingerprint density at radius 3 is 2.55 bits per heavy atom. The van der Waals surface area contributed by atoms with Crippen molar-refractivity contribution in [3.05, 3.63) is 46.7 Å². The largest absolute Gasteiger partial charge is 0.497 e. The molecule has 2 amide bonds. The summed E-state index contributed by atoms with van der Waals surface area (Å²) in [6.45, 7) is 1.62. The third-order valence-electron chi connectivity index (χ3n) is 4.07. The maximum absolute atomic E-state index is 12.3. The van der Waals surface area contributed by atoms with Crippen molar-refractivity contribution in [1.29, 1.82) is 0 Å². The first-order valence-corrected chi connectivity index (χ1v) is 8.37. The van der Waals surface area contributed by atoms with Crippen molar-refractivity contribution >= 4 is 23.1 Å². The Morgan fingerprint density at radius 2 is 1.95 bits per heavy atom. The van der Waals surface area contributed by atoms with Crippen molar-refractivity contribution in [3.8, 4) is 5.75 Å². The molecule has 116 valence electrons. The molecule has 0 unspecified atom stereocenters. The molecule has 2 heterocycles. The molecule has 0 aliphatic carbocycles. The molecule has 0 radical (unpaired) electrons. The molecular weight excluding hydrogens is 296 g/mol. The van der Waals surface area contributed by atoms with Gasteiger partial charge in [0.05, 0.1) is 7.11 Å². The van der Waals surface area contributed by atoms with Crippen molar-refractivity contribution in [2.24, 2.45) is 0 Å². The quantitative estimate of drug-likeness (QED) is 0.923. The minimum absolute atomic E-state index is 0.0187. The Bertz CT molecular complexity index is 602. The first-order valence-electron chi connectivity index (χ1n) is 7.49. The summed E-state index contributed by atoms with van der Waals surface area (Å²) >= 11 is 1.81. The molecule has 1 aliphatic heterocycles. The predicted molar refractivity (Wildman–Crippen MR) is 89.9 cm³/mol. The van der Waals surface area contributed by atoms with Gasteiger partial charge in [-0.1, -0.05) is 6.07 Å². The number of urea groups is 1. The molecule has 0 bridgehead atoms. The van der Waals surface area contributed by atoms with Crippen LogP contribution in [-0.2, 0) is 0 Å². The summed E-state index contributed by atoms with van der Waals surface area (Å²) in [4.78, 5) is 15.6. The van der Waals surface area contributed by atoms with Crippen molar-refractivity contribution in [3.63, 3.8) is 0 Å². The van der Waals surface area contributed by atoms with Crippen molar-refractivity contribution in [1.82, 2.24) is 4.90 Å². The second-order valence-electron chi connectivity index (χ2n) is 5.44. The zero-order chi connectivity index (χ0) is 15.4. The summed E-state index contributed by atoms with van der Waals surface area (Å²) < 4.78 is 5.12. The molecule has 5 heteroatoms. The Hall–Kier alpha value is -2.01. The van der Waals surface area contributed by atoms with Gasteiger partial charge in [0.1, 0.15) is 5.75 Å². The number of amides is 2. The molecule has 3 rings (SSSR count). The van der Waals surface area contributed by atoms with E-state index in [1.165, 1.54) is 4.88 Å². The summed E-state index contributed by atoms with van der Waals surface area (Å²) in [6.07, 6.45) is 2.08. The number of methoxy groups -OCH3 is 1. The molecule has 0 saturated carbocycles. The monoisotopic (exact) mass is 316 g/mol. The van der Waals surface area contributed by atoms with Crippen LogP contribution in [0.2, 0.25) is 0 Å². The van der Waals surface area contributed by atoms with E-state index in [2.05, 4.69) is 22.8 Å². The van der Waals surface area contributed by atoms with E-state index in [1.807, 2.05) is 40.5 Å². The average Bonchev–Trinajstić information content (AvgIpc) is 3.10. The van der Waals surface area contributed by atoms with Crippen LogP contribution in [0.3, 0.4) is 0 Å². The number of benzene rings is 1. The zero-order valence-electron chi connectivity index (χ0n) is 12.6. The van der Waals surface area contributed by atoms with Gasteiger partial charge in [0.15, 0.2) is 0 Å². The van der Waals surface area contributed by atoms with Crippen LogP contribution in [0.25, 0.3) is 0 Å². The lowest BCUT2D eigenvalue weighted by Crippen LogP contribution is -2.40. The molecule has 1 aliphatic rings. The summed E-state index contributed by atoms with van der Waals surface area (Å²) in [6, 6.07) is 11.7. The number of rotatable bonds is 3.